The lowest BCUT2D eigenvalue weighted by Gasteiger charge is -2.26. The van der Waals surface area contributed by atoms with Gasteiger partial charge < -0.3 is 21.1 Å². The zero-order valence-electron chi connectivity index (χ0n) is 18.8. The summed E-state index contributed by atoms with van der Waals surface area (Å²) in [6, 6.07) is 11.7. The molecule has 1 aliphatic heterocycles. The van der Waals surface area contributed by atoms with Gasteiger partial charge in [0.15, 0.2) is 5.65 Å². The zero-order chi connectivity index (χ0) is 23.2. The molecule has 1 atom stereocenters. The number of hydrogen-bond acceptors (Lipinski definition) is 10. The molecule has 1 saturated heterocycles. The van der Waals surface area contributed by atoms with Crippen LogP contribution in [0.25, 0.3) is 22.4 Å². The number of anilines is 2. The fourth-order valence-electron chi connectivity index (χ4n) is 3.92. The molecule has 176 valence electrons. The van der Waals surface area contributed by atoms with Crippen LogP contribution < -0.4 is 16.4 Å². The molecule has 4 heterocycles. The normalized spacial score (nSPS) is 15.3. The van der Waals surface area contributed by atoms with E-state index in [2.05, 4.69) is 45.7 Å². The summed E-state index contributed by atoms with van der Waals surface area (Å²) in [4.78, 5) is 20.4. The van der Waals surface area contributed by atoms with Crippen molar-refractivity contribution in [3.05, 3.63) is 54.4 Å². The Bertz CT molecular complexity index is 1210. The number of hydrogen-bond donors (Lipinski definition) is 4. The number of aromatic nitrogens is 6. The number of ether oxygens (including phenoxy) is 1. The Morgan fingerprint density at radius 2 is 1.91 bits per heavy atom. The van der Waals surface area contributed by atoms with Crippen molar-refractivity contribution in [2.45, 2.75) is 6.04 Å². The highest BCUT2D eigenvalue weighted by molar-refractivity contribution is 5.89. The molecule has 4 aromatic rings. The molecule has 0 radical (unpaired) electrons. The lowest BCUT2D eigenvalue weighted by molar-refractivity contribution is 0.0398. The number of rotatable bonds is 9. The fourth-order valence-corrected chi connectivity index (χ4v) is 3.92. The summed E-state index contributed by atoms with van der Waals surface area (Å²) < 4.78 is 5.39. The van der Waals surface area contributed by atoms with Crippen LogP contribution in [0, 0.1) is 0 Å². The highest BCUT2D eigenvalue weighted by Gasteiger charge is 2.15. The summed E-state index contributed by atoms with van der Waals surface area (Å²) in [5, 5.41) is 14.8. The van der Waals surface area contributed by atoms with Gasteiger partial charge in [0.2, 0.25) is 11.9 Å². The van der Waals surface area contributed by atoms with Crippen LogP contribution in [0.2, 0.25) is 0 Å². The number of fused-ring (bicyclic) bond motifs is 1. The van der Waals surface area contributed by atoms with E-state index < -0.39 is 0 Å². The minimum absolute atomic E-state index is 0.0932. The molecule has 1 aliphatic rings. The Labute approximate surface area is 197 Å². The van der Waals surface area contributed by atoms with Gasteiger partial charge in [0, 0.05) is 45.1 Å². The number of nitrogens with zero attached hydrogens (tertiary/aromatic N) is 6. The van der Waals surface area contributed by atoms with Crippen LogP contribution in [0.3, 0.4) is 0 Å². The van der Waals surface area contributed by atoms with Gasteiger partial charge in [0.1, 0.15) is 0 Å². The predicted octanol–water partition coefficient (Wildman–Crippen LogP) is 1.67. The maximum atomic E-state index is 5.99. The number of morpholine rings is 1. The SMILES string of the molecule is NCC(Nc1nccc(-c2[nH]nc3nc(NCCN4CCOCC4)ncc23)n1)c1ccccc1. The smallest absolute Gasteiger partial charge is 0.224 e. The van der Waals surface area contributed by atoms with Gasteiger partial charge in [-0.1, -0.05) is 30.3 Å². The van der Waals surface area contributed by atoms with E-state index in [0.717, 1.165) is 56.0 Å². The Morgan fingerprint density at radius 3 is 2.74 bits per heavy atom. The minimum atomic E-state index is -0.0932. The minimum Gasteiger partial charge on any atom is -0.379 e. The van der Waals surface area contributed by atoms with E-state index in [-0.39, 0.29) is 6.04 Å². The molecule has 1 unspecified atom stereocenters. The topological polar surface area (TPSA) is 143 Å². The predicted molar refractivity (Wildman–Crippen MR) is 130 cm³/mol. The van der Waals surface area contributed by atoms with E-state index in [1.54, 1.807) is 12.4 Å². The molecule has 5 rings (SSSR count). The third kappa shape index (κ3) is 5.11. The van der Waals surface area contributed by atoms with Gasteiger partial charge in [-0.15, -0.1) is 0 Å². The lowest BCUT2D eigenvalue weighted by Crippen LogP contribution is -2.39. The van der Waals surface area contributed by atoms with Crippen molar-refractivity contribution < 1.29 is 4.74 Å². The maximum Gasteiger partial charge on any atom is 0.224 e. The second kappa shape index (κ2) is 10.5. The van der Waals surface area contributed by atoms with E-state index in [9.17, 15) is 0 Å². The summed E-state index contributed by atoms with van der Waals surface area (Å²) >= 11 is 0. The molecule has 3 aromatic heterocycles. The first-order chi connectivity index (χ1) is 16.8. The Kier molecular flexibility index (Phi) is 6.84. The van der Waals surface area contributed by atoms with E-state index in [1.165, 1.54) is 0 Å². The summed E-state index contributed by atoms with van der Waals surface area (Å²) in [6.45, 7) is 5.58. The van der Waals surface area contributed by atoms with E-state index >= 15 is 0 Å². The number of H-pyrrole nitrogens is 1. The van der Waals surface area contributed by atoms with Crippen molar-refractivity contribution in [1.29, 1.82) is 0 Å². The average molecular weight is 461 g/mol. The van der Waals surface area contributed by atoms with Gasteiger partial charge in [-0.05, 0) is 11.6 Å². The number of benzene rings is 1. The molecule has 0 spiro atoms. The first-order valence-electron chi connectivity index (χ1n) is 11.4. The van der Waals surface area contributed by atoms with Crippen LogP contribution in [-0.2, 0) is 4.74 Å². The fraction of sp³-hybridized carbons (Fsp3) is 0.348. The van der Waals surface area contributed by atoms with Crippen LogP contribution in [0.15, 0.2) is 48.8 Å². The molecule has 1 aromatic carbocycles. The van der Waals surface area contributed by atoms with Crippen LogP contribution in [0.1, 0.15) is 11.6 Å². The molecule has 11 heteroatoms. The summed E-state index contributed by atoms with van der Waals surface area (Å²) in [5.41, 5.74) is 9.08. The quantitative estimate of drug-likeness (QED) is 0.291. The molecule has 34 heavy (non-hydrogen) atoms. The summed E-state index contributed by atoms with van der Waals surface area (Å²) in [6.07, 6.45) is 3.47. The van der Waals surface area contributed by atoms with Crippen molar-refractivity contribution in [3.63, 3.8) is 0 Å². The van der Waals surface area contributed by atoms with Crippen LogP contribution in [0.5, 0.6) is 0 Å². The lowest BCUT2D eigenvalue weighted by atomic mass is 10.1. The molecular formula is C23H28N10O. The molecule has 1 fully saturated rings. The van der Waals surface area contributed by atoms with Gasteiger partial charge in [0.25, 0.3) is 0 Å². The van der Waals surface area contributed by atoms with Gasteiger partial charge in [-0.3, -0.25) is 10.00 Å². The van der Waals surface area contributed by atoms with Crippen LogP contribution >= 0.6 is 0 Å². The highest BCUT2D eigenvalue weighted by Crippen LogP contribution is 2.25. The molecular weight excluding hydrogens is 432 g/mol. The summed E-state index contributed by atoms with van der Waals surface area (Å²) in [5.74, 6) is 1.04. The highest BCUT2D eigenvalue weighted by atomic mass is 16.5. The Hall–Kier alpha value is -3.67. The van der Waals surface area contributed by atoms with Crippen molar-refractivity contribution in [2.24, 2.45) is 5.73 Å². The third-order valence-corrected chi connectivity index (χ3v) is 5.78. The average Bonchev–Trinajstić information content (AvgIpc) is 3.32. The number of nitrogens with one attached hydrogen (secondary N) is 3. The molecule has 0 aliphatic carbocycles. The molecule has 11 nitrogen and oxygen atoms in total. The van der Waals surface area contributed by atoms with E-state index in [0.29, 0.717) is 29.8 Å². The zero-order valence-corrected chi connectivity index (χ0v) is 18.8. The number of aromatic amines is 1. The molecule has 5 N–H and O–H groups in total. The van der Waals surface area contributed by atoms with E-state index in [4.69, 9.17) is 10.5 Å². The van der Waals surface area contributed by atoms with Crippen LogP contribution in [0.4, 0.5) is 11.9 Å². The van der Waals surface area contributed by atoms with Crippen molar-refractivity contribution in [3.8, 4) is 11.4 Å². The summed E-state index contributed by atoms with van der Waals surface area (Å²) in [7, 11) is 0. The van der Waals surface area contributed by atoms with Crippen molar-refractivity contribution >= 4 is 22.9 Å². The van der Waals surface area contributed by atoms with Crippen molar-refractivity contribution in [2.75, 3.05) is 56.6 Å². The first-order valence-corrected chi connectivity index (χ1v) is 11.4. The Balaban J connectivity index is 1.28. The van der Waals surface area contributed by atoms with Gasteiger partial charge >= 0.3 is 0 Å². The third-order valence-electron chi connectivity index (χ3n) is 5.78. The Morgan fingerprint density at radius 1 is 1.06 bits per heavy atom. The largest absolute Gasteiger partial charge is 0.379 e. The molecule has 0 bridgehead atoms. The first kappa shape index (κ1) is 22.1. The van der Waals surface area contributed by atoms with Gasteiger partial charge in [0.05, 0.1) is 36.0 Å². The second-order valence-electron chi connectivity index (χ2n) is 8.02. The van der Waals surface area contributed by atoms with Gasteiger partial charge in [-0.25, -0.2) is 15.0 Å². The second-order valence-corrected chi connectivity index (χ2v) is 8.02. The standard InChI is InChI=1S/C23H28N10O/c24-14-19(16-4-2-1-3-5-16)29-23-25-7-6-18(28-23)20-17-15-27-22(30-21(17)32-31-20)26-8-9-33-10-12-34-13-11-33/h1-7,15,19H,8-14,24H2,(H,25,28,29)(H2,26,27,30,31,32). The van der Waals surface area contributed by atoms with Crippen molar-refractivity contribution in [1.82, 2.24) is 35.0 Å². The van der Waals surface area contributed by atoms with Crippen LogP contribution in [-0.4, -0.2) is 81.0 Å². The molecule has 0 amide bonds. The van der Waals surface area contributed by atoms with E-state index in [1.807, 2.05) is 36.4 Å². The monoisotopic (exact) mass is 460 g/mol. The molecule has 0 saturated carbocycles. The maximum absolute atomic E-state index is 5.99. The number of nitrogens with two attached hydrogens (primary N) is 1. The van der Waals surface area contributed by atoms with Gasteiger partial charge in [-0.2, -0.15) is 10.1 Å².